The fourth-order valence-electron chi connectivity index (χ4n) is 2.08. The first-order chi connectivity index (χ1) is 11.1. The van der Waals surface area contributed by atoms with Gasteiger partial charge in [0.1, 0.15) is 5.75 Å². The molecule has 4 nitrogen and oxygen atoms in total. The van der Waals surface area contributed by atoms with Crippen LogP contribution in [-0.4, -0.2) is 19.0 Å². The average molecular weight is 348 g/mol. The van der Waals surface area contributed by atoms with Gasteiger partial charge in [-0.25, -0.2) is 9.79 Å². The summed E-state index contributed by atoms with van der Waals surface area (Å²) in [5.41, 5.74) is 1.49. The van der Waals surface area contributed by atoms with Crippen molar-refractivity contribution in [1.29, 1.82) is 0 Å². The van der Waals surface area contributed by atoms with E-state index in [4.69, 9.17) is 32.7 Å². The van der Waals surface area contributed by atoms with Crippen LogP contribution in [0.15, 0.2) is 53.2 Å². The average Bonchev–Trinajstić information content (AvgIpc) is 2.88. The topological polar surface area (TPSA) is 47.9 Å². The summed E-state index contributed by atoms with van der Waals surface area (Å²) in [4.78, 5) is 16.2. The Morgan fingerprint density at radius 1 is 1.17 bits per heavy atom. The minimum atomic E-state index is -0.533. The maximum absolute atomic E-state index is 12.0. The van der Waals surface area contributed by atoms with Gasteiger partial charge in [-0.3, -0.25) is 0 Å². The second-order valence-electron chi connectivity index (χ2n) is 4.74. The van der Waals surface area contributed by atoms with E-state index in [2.05, 4.69) is 4.99 Å². The van der Waals surface area contributed by atoms with Gasteiger partial charge in [-0.1, -0.05) is 35.3 Å². The van der Waals surface area contributed by atoms with Crippen molar-refractivity contribution in [3.05, 3.63) is 69.3 Å². The minimum Gasteiger partial charge on any atom is -0.497 e. The van der Waals surface area contributed by atoms with Gasteiger partial charge < -0.3 is 9.47 Å². The Labute approximate surface area is 143 Å². The number of carbonyl (C=O) groups excluding carboxylic acids is 1. The van der Waals surface area contributed by atoms with Crippen molar-refractivity contribution in [2.45, 2.75) is 0 Å². The molecule has 116 valence electrons. The molecule has 0 N–H and O–H groups in total. The Hall–Kier alpha value is -2.30. The molecule has 0 radical (unpaired) electrons. The van der Waals surface area contributed by atoms with Gasteiger partial charge in [0.15, 0.2) is 5.70 Å². The lowest BCUT2D eigenvalue weighted by Crippen LogP contribution is -2.05. The standard InChI is InChI=1S/C17H11Cl2NO3/c1-22-12-4-2-3-10(7-12)8-15-17(21)23-16(20-15)13-6-5-11(18)9-14(13)19/h2-9H,1H3/b15-8-. The highest BCUT2D eigenvalue weighted by molar-refractivity contribution is 6.37. The molecule has 0 aromatic heterocycles. The van der Waals surface area contributed by atoms with Crippen molar-refractivity contribution in [3.63, 3.8) is 0 Å². The SMILES string of the molecule is COc1cccc(/C=C2\N=C(c3ccc(Cl)cc3Cl)OC2=O)c1. The van der Waals surface area contributed by atoms with E-state index < -0.39 is 5.97 Å². The normalized spacial score (nSPS) is 15.5. The molecule has 2 aromatic carbocycles. The van der Waals surface area contributed by atoms with Crippen molar-refractivity contribution < 1.29 is 14.3 Å². The number of esters is 1. The Morgan fingerprint density at radius 3 is 2.74 bits per heavy atom. The quantitative estimate of drug-likeness (QED) is 0.612. The van der Waals surface area contributed by atoms with Crippen molar-refractivity contribution in [1.82, 2.24) is 0 Å². The summed E-state index contributed by atoms with van der Waals surface area (Å²) in [7, 11) is 1.58. The van der Waals surface area contributed by atoms with E-state index in [1.807, 2.05) is 18.2 Å². The third-order valence-electron chi connectivity index (χ3n) is 3.18. The van der Waals surface area contributed by atoms with Gasteiger partial charge in [0.25, 0.3) is 0 Å². The molecule has 0 spiro atoms. The van der Waals surface area contributed by atoms with Crippen LogP contribution in [-0.2, 0) is 9.53 Å². The molecule has 0 saturated heterocycles. The summed E-state index contributed by atoms with van der Waals surface area (Å²) in [6.07, 6.45) is 1.63. The van der Waals surface area contributed by atoms with Crippen molar-refractivity contribution in [3.8, 4) is 5.75 Å². The smallest absolute Gasteiger partial charge is 0.363 e. The van der Waals surface area contributed by atoms with E-state index >= 15 is 0 Å². The van der Waals surface area contributed by atoms with E-state index in [0.717, 1.165) is 5.56 Å². The van der Waals surface area contributed by atoms with Crippen LogP contribution in [0.1, 0.15) is 11.1 Å². The van der Waals surface area contributed by atoms with Crippen LogP contribution in [0, 0.1) is 0 Å². The van der Waals surface area contributed by atoms with Crippen LogP contribution in [0.5, 0.6) is 5.75 Å². The van der Waals surface area contributed by atoms with E-state index in [0.29, 0.717) is 21.4 Å². The zero-order valence-corrected chi connectivity index (χ0v) is 13.6. The Balaban J connectivity index is 1.96. The Morgan fingerprint density at radius 2 is 2.00 bits per heavy atom. The summed E-state index contributed by atoms with van der Waals surface area (Å²) in [6, 6.07) is 12.2. The van der Waals surface area contributed by atoms with Gasteiger partial charge in [-0.15, -0.1) is 0 Å². The molecule has 6 heteroatoms. The first-order valence-electron chi connectivity index (χ1n) is 6.69. The molecule has 0 aliphatic carbocycles. The largest absolute Gasteiger partial charge is 0.497 e. The maximum Gasteiger partial charge on any atom is 0.363 e. The molecule has 1 aliphatic rings. The van der Waals surface area contributed by atoms with E-state index in [9.17, 15) is 4.79 Å². The number of hydrogen-bond donors (Lipinski definition) is 0. The fraction of sp³-hybridized carbons (Fsp3) is 0.0588. The van der Waals surface area contributed by atoms with Gasteiger partial charge in [0, 0.05) is 5.02 Å². The zero-order chi connectivity index (χ0) is 16.4. The summed E-state index contributed by atoms with van der Waals surface area (Å²) in [5.74, 6) is 0.315. The van der Waals surface area contributed by atoms with E-state index in [1.165, 1.54) is 0 Å². The Bertz CT molecular complexity index is 843. The number of benzene rings is 2. The number of methoxy groups -OCH3 is 1. The number of halogens is 2. The number of hydrogen-bond acceptors (Lipinski definition) is 4. The number of cyclic esters (lactones) is 1. The second kappa shape index (κ2) is 6.44. The summed E-state index contributed by atoms with van der Waals surface area (Å²) >= 11 is 12.0. The number of nitrogens with zero attached hydrogens (tertiary/aromatic N) is 1. The monoisotopic (exact) mass is 347 g/mol. The zero-order valence-electron chi connectivity index (χ0n) is 12.0. The molecule has 0 saturated carbocycles. The number of carbonyl (C=O) groups is 1. The van der Waals surface area contributed by atoms with E-state index in [1.54, 1.807) is 37.5 Å². The van der Waals surface area contributed by atoms with E-state index in [-0.39, 0.29) is 11.6 Å². The van der Waals surface area contributed by atoms with Crippen LogP contribution >= 0.6 is 23.2 Å². The van der Waals surface area contributed by atoms with Gasteiger partial charge >= 0.3 is 5.97 Å². The molecular weight excluding hydrogens is 337 g/mol. The number of aliphatic imine (C=N–C) groups is 1. The number of ether oxygens (including phenoxy) is 2. The van der Waals surface area contributed by atoms with Gasteiger partial charge in [0.2, 0.25) is 5.90 Å². The molecule has 23 heavy (non-hydrogen) atoms. The van der Waals surface area contributed by atoms with Crippen molar-refractivity contribution >= 4 is 41.1 Å². The first-order valence-corrected chi connectivity index (χ1v) is 7.44. The van der Waals surface area contributed by atoms with Gasteiger partial charge in [-0.2, -0.15) is 0 Å². The predicted octanol–water partition coefficient (Wildman–Crippen LogP) is 4.35. The minimum absolute atomic E-state index is 0.158. The van der Waals surface area contributed by atoms with Crippen molar-refractivity contribution in [2.24, 2.45) is 4.99 Å². The molecule has 0 bridgehead atoms. The molecule has 0 amide bonds. The molecular formula is C17H11Cl2NO3. The first kappa shape index (κ1) is 15.6. The van der Waals surface area contributed by atoms with Crippen LogP contribution < -0.4 is 4.74 Å². The molecule has 0 unspecified atom stereocenters. The second-order valence-corrected chi connectivity index (χ2v) is 5.58. The van der Waals surface area contributed by atoms with Crippen molar-refractivity contribution in [2.75, 3.05) is 7.11 Å². The number of rotatable bonds is 3. The van der Waals surface area contributed by atoms with Crippen LogP contribution in [0.3, 0.4) is 0 Å². The van der Waals surface area contributed by atoms with Crippen LogP contribution in [0.2, 0.25) is 10.0 Å². The fourth-order valence-corrected chi connectivity index (χ4v) is 2.57. The molecule has 1 aliphatic heterocycles. The third-order valence-corrected chi connectivity index (χ3v) is 3.73. The molecule has 1 heterocycles. The van der Waals surface area contributed by atoms with Gasteiger partial charge in [0.05, 0.1) is 17.7 Å². The summed E-state index contributed by atoms with van der Waals surface area (Å²) < 4.78 is 10.3. The summed E-state index contributed by atoms with van der Waals surface area (Å²) in [6.45, 7) is 0. The molecule has 3 rings (SSSR count). The molecule has 2 aromatic rings. The maximum atomic E-state index is 12.0. The van der Waals surface area contributed by atoms with Crippen LogP contribution in [0.4, 0.5) is 0 Å². The Kier molecular flexibility index (Phi) is 4.37. The lowest BCUT2D eigenvalue weighted by Gasteiger charge is -2.02. The lowest BCUT2D eigenvalue weighted by molar-refractivity contribution is -0.129. The lowest BCUT2D eigenvalue weighted by atomic mass is 10.2. The predicted molar refractivity (Wildman–Crippen MR) is 90.1 cm³/mol. The molecule has 0 fully saturated rings. The van der Waals surface area contributed by atoms with Crippen LogP contribution in [0.25, 0.3) is 6.08 Å². The highest BCUT2D eigenvalue weighted by atomic mass is 35.5. The molecule has 0 atom stereocenters. The van der Waals surface area contributed by atoms with Gasteiger partial charge in [-0.05, 0) is 42.0 Å². The highest BCUT2D eigenvalue weighted by Gasteiger charge is 2.25. The summed E-state index contributed by atoms with van der Waals surface area (Å²) in [5, 5.41) is 0.863. The third kappa shape index (κ3) is 3.38. The highest BCUT2D eigenvalue weighted by Crippen LogP contribution is 2.26.